The van der Waals surface area contributed by atoms with E-state index >= 15 is 0 Å². The summed E-state index contributed by atoms with van der Waals surface area (Å²) < 4.78 is 11.9. The smallest absolute Gasteiger partial charge is 0.0541 e. The van der Waals surface area contributed by atoms with Gasteiger partial charge in [-0.1, -0.05) is 249 Å². The van der Waals surface area contributed by atoms with Crippen LogP contribution in [0.1, 0.15) is 0 Å². The van der Waals surface area contributed by atoms with Crippen LogP contribution in [0.2, 0.25) is 0 Å². The minimum Gasteiger partial charge on any atom is -0.309 e. The second-order valence-corrected chi connectivity index (χ2v) is 28.0. The molecule has 500 valence electrons. The van der Waals surface area contributed by atoms with E-state index in [1.807, 2.05) is 0 Å². The minimum atomic E-state index is 1.16. The normalized spacial score (nSPS) is 11.7. The Morgan fingerprint density at radius 2 is 0.262 bits per heavy atom. The molecule has 0 aliphatic carbocycles. The van der Waals surface area contributed by atoms with E-state index < -0.39 is 0 Å². The van der Waals surface area contributed by atoms with Crippen LogP contribution in [0.5, 0.6) is 0 Å². The van der Waals surface area contributed by atoms with Crippen molar-refractivity contribution in [2.24, 2.45) is 0 Å². The number of fused-ring (bicyclic) bond motifs is 15. The molecule has 0 aliphatic heterocycles. The van der Waals surface area contributed by atoms with Gasteiger partial charge in [0.15, 0.2) is 0 Å². The molecule has 0 unspecified atom stereocenters. The highest BCUT2D eigenvalue weighted by Crippen LogP contribution is 2.44. The first-order chi connectivity index (χ1) is 53.1. The molecule has 0 amide bonds. The fourth-order valence-electron chi connectivity index (χ4n) is 17.0. The van der Waals surface area contributed by atoms with Crippen LogP contribution >= 0.6 is 0 Å². The summed E-state index contributed by atoms with van der Waals surface area (Å²) in [6.07, 6.45) is 0. The van der Waals surface area contributed by atoms with Crippen LogP contribution in [0.25, 0.3) is 193 Å². The largest absolute Gasteiger partial charge is 0.309 e. The van der Waals surface area contributed by atoms with Gasteiger partial charge < -0.3 is 22.8 Å². The van der Waals surface area contributed by atoms with E-state index in [2.05, 4.69) is 429 Å². The molecule has 0 spiro atoms. The van der Waals surface area contributed by atoms with Gasteiger partial charge in [0.25, 0.3) is 0 Å². The number of aromatic nitrogens is 5. The Labute approximate surface area is 618 Å². The molecule has 0 N–H and O–H groups in total. The lowest BCUT2D eigenvalue weighted by molar-refractivity contribution is 1.18. The molecule has 5 aromatic heterocycles. The second-order valence-electron chi connectivity index (χ2n) is 28.0. The first-order valence-corrected chi connectivity index (χ1v) is 36.8. The van der Waals surface area contributed by atoms with Gasteiger partial charge in [0, 0.05) is 82.3 Å². The van der Waals surface area contributed by atoms with E-state index in [-0.39, 0.29) is 0 Å². The van der Waals surface area contributed by atoms with Gasteiger partial charge in [-0.2, -0.15) is 0 Å². The van der Waals surface area contributed by atoms with Gasteiger partial charge in [0.1, 0.15) is 0 Å². The molecular weight excluding hydrogens is 1300 g/mol. The van der Waals surface area contributed by atoms with E-state index in [1.54, 1.807) is 0 Å². The zero-order chi connectivity index (χ0) is 70.5. The summed E-state index contributed by atoms with van der Waals surface area (Å²) in [5.74, 6) is 0. The van der Waals surface area contributed by atoms with Crippen LogP contribution in [0, 0.1) is 0 Å². The Kier molecular flexibility index (Phi) is 14.5. The summed E-state index contributed by atoms with van der Waals surface area (Å²) in [7, 11) is 0. The summed E-state index contributed by atoms with van der Waals surface area (Å²) in [5.41, 5.74) is 30.0. The summed E-state index contributed by atoms with van der Waals surface area (Å²) in [6, 6.07) is 148. The predicted molar refractivity (Wildman–Crippen MR) is 452 cm³/mol. The summed E-state index contributed by atoms with van der Waals surface area (Å²) in [6.45, 7) is 0. The molecule has 17 aromatic carbocycles. The zero-order valence-electron chi connectivity index (χ0n) is 58.4. The first-order valence-electron chi connectivity index (χ1n) is 36.8. The fraction of sp³-hybridized carbons (Fsp3) is 0. The van der Waals surface area contributed by atoms with Crippen molar-refractivity contribution in [3.63, 3.8) is 0 Å². The van der Waals surface area contributed by atoms with E-state index in [9.17, 15) is 0 Å². The van der Waals surface area contributed by atoms with Crippen molar-refractivity contribution in [2.45, 2.75) is 0 Å². The number of para-hydroxylation sites is 7. The Bertz CT molecular complexity index is 6770. The summed E-state index contributed by atoms with van der Waals surface area (Å²) in [4.78, 5) is 0. The van der Waals surface area contributed by atoms with Crippen LogP contribution in [0.4, 0.5) is 0 Å². The average Bonchev–Trinajstić information content (AvgIpc) is 1.60. The predicted octanol–water partition coefficient (Wildman–Crippen LogP) is 27.2. The van der Waals surface area contributed by atoms with Crippen LogP contribution in [0.15, 0.2) is 406 Å². The van der Waals surface area contributed by atoms with E-state index in [0.717, 1.165) is 17.1 Å². The lowest BCUT2D eigenvalue weighted by Crippen LogP contribution is -1.94. The fourth-order valence-corrected chi connectivity index (χ4v) is 17.0. The molecule has 107 heavy (non-hydrogen) atoms. The van der Waals surface area contributed by atoms with Gasteiger partial charge in [-0.3, -0.25) is 0 Å². The van der Waals surface area contributed by atoms with Gasteiger partial charge in [-0.05, 0) is 213 Å². The maximum absolute atomic E-state index is 2.41. The Morgan fingerprint density at radius 3 is 0.495 bits per heavy atom. The van der Waals surface area contributed by atoms with Crippen molar-refractivity contribution < 1.29 is 0 Å². The Balaban J connectivity index is 0.000000138. The lowest BCUT2D eigenvalue weighted by Gasteiger charge is -2.11. The molecule has 0 aliphatic rings. The summed E-state index contributed by atoms with van der Waals surface area (Å²) >= 11 is 0. The molecule has 5 nitrogen and oxygen atoms in total. The highest BCUT2D eigenvalue weighted by Gasteiger charge is 2.21. The lowest BCUT2D eigenvalue weighted by atomic mass is 9.98. The van der Waals surface area contributed by atoms with E-state index in [4.69, 9.17) is 0 Å². The molecule has 22 rings (SSSR count). The molecule has 5 heteroatoms. The van der Waals surface area contributed by atoms with Crippen molar-refractivity contribution >= 4 is 109 Å². The van der Waals surface area contributed by atoms with Crippen molar-refractivity contribution in [2.75, 3.05) is 0 Å². The molecule has 0 bridgehead atoms. The standard InChI is InChI=1S/C54H35N3.C48H32N2/c1-4-14-40(15-5-1)55-49-22-12-10-20-43(49)45-32-36(24-28-51(45)55)38-26-30-53-47(34-38)48-35-39(27-31-54(48)57(53)42-18-8-3-9-19-42)37-25-29-52-46(33-37)44-21-11-13-23-50(44)56(52)41-16-6-2-7-17-41;1-3-11-33(12-4-1)35-19-25-39(26-20-35)49-45-17-9-7-15-41(45)43-31-37(23-29-47(43)49)38-24-30-48-44(32-38)42-16-8-10-18-46(42)50(48)40-27-21-36(22-28-40)34-13-5-2-6-14-34/h1-35H;1-32H. The SMILES string of the molecule is c1ccc(-c2ccc(-n3c4ccccc4c4cc(-c5ccc6c(c5)c5ccccc5n6-c5ccc(-c6ccccc6)cc5)ccc43)cc2)cc1.c1ccc(-n2c3ccccc3c3cc(-c4ccc5c(c4)c4cc(-c6ccc7c(c6)c6ccccc6n7-c6ccccc6)ccc4n5-c4ccccc4)ccc32)cc1. The average molecular weight is 1360 g/mol. The van der Waals surface area contributed by atoms with Crippen molar-refractivity contribution in [3.8, 4) is 84.1 Å². The van der Waals surface area contributed by atoms with Gasteiger partial charge in [0.05, 0.1) is 55.2 Å². The Hall–Kier alpha value is -14.3. The number of rotatable bonds is 10. The maximum atomic E-state index is 2.41. The highest BCUT2D eigenvalue weighted by atomic mass is 15.0. The van der Waals surface area contributed by atoms with Gasteiger partial charge >= 0.3 is 0 Å². The van der Waals surface area contributed by atoms with Crippen LogP contribution in [0.3, 0.4) is 0 Å². The number of benzene rings is 17. The third kappa shape index (κ3) is 10.3. The number of hydrogen-bond donors (Lipinski definition) is 0. The number of nitrogens with zero attached hydrogens (tertiary/aromatic N) is 5. The van der Waals surface area contributed by atoms with Gasteiger partial charge in [0.2, 0.25) is 0 Å². The van der Waals surface area contributed by atoms with Crippen LogP contribution in [-0.4, -0.2) is 22.8 Å². The first kappa shape index (κ1) is 61.4. The van der Waals surface area contributed by atoms with Crippen LogP contribution < -0.4 is 0 Å². The van der Waals surface area contributed by atoms with Gasteiger partial charge in [-0.15, -0.1) is 0 Å². The second kappa shape index (κ2) is 25.3. The molecule has 0 atom stereocenters. The molecule has 0 radical (unpaired) electrons. The van der Waals surface area contributed by atoms with E-state index in [0.29, 0.717) is 0 Å². The van der Waals surface area contributed by atoms with Crippen molar-refractivity contribution in [3.05, 3.63) is 406 Å². The molecule has 0 fully saturated rings. The Morgan fingerprint density at radius 1 is 0.103 bits per heavy atom. The third-order valence-electron chi connectivity index (χ3n) is 22.0. The summed E-state index contributed by atoms with van der Waals surface area (Å²) in [5, 5.41) is 12.5. The molecule has 0 saturated heterocycles. The monoisotopic (exact) mass is 1360 g/mol. The molecule has 22 aromatic rings. The maximum Gasteiger partial charge on any atom is 0.0541 e. The van der Waals surface area contributed by atoms with Crippen molar-refractivity contribution in [1.29, 1.82) is 0 Å². The van der Waals surface area contributed by atoms with Gasteiger partial charge in [-0.25, -0.2) is 0 Å². The quantitative estimate of drug-likeness (QED) is 0.130. The van der Waals surface area contributed by atoms with Crippen molar-refractivity contribution in [1.82, 2.24) is 22.8 Å². The molecule has 5 heterocycles. The zero-order valence-corrected chi connectivity index (χ0v) is 58.4. The topological polar surface area (TPSA) is 24.6 Å². The molecule has 0 saturated carbocycles. The number of hydrogen-bond acceptors (Lipinski definition) is 0. The minimum absolute atomic E-state index is 1.16. The van der Waals surface area contributed by atoms with E-state index in [1.165, 1.54) is 176 Å². The van der Waals surface area contributed by atoms with Crippen LogP contribution in [-0.2, 0) is 0 Å². The third-order valence-corrected chi connectivity index (χ3v) is 22.0. The molecular formula is C102H67N5. The highest BCUT2D eigenvalue weighted by molar-refractivity contribution is 6.16.